The lowest BCUT2D eigenvalue weighted by molar-refractivity contribution is -0.137. The van der Waals surface area contributed by atoms with Crippen LogP contribution < -0.4 is 10.6 Å². The molecule has 3 nitrogen and oxygen atoms in total. The van der Waals surface area contributed by atoms with Gasteiger partial charge < -0.3 is 5.32 Å². The molecule has 0 unspecified atom stereocenters. The van der Waals surface area contributed by atoms with Crippen LogP contribution in [-0.4, -0.2) is 5.91 Å². The second-order valence-corrected chi connectivity index (χ2v) is 6.71. The van der Waals surface area contributed by atoms with Crippen molar-refractivity contribution in [3.8, 4) is 0 Å². The Morgan fingerprint density at radius 2 is 1.41 bits per heavy atom. The van der Waals surface area contributed by atoms with E-state index in [0.29, 0.717) is 0 Å². The fourth-order valence-electron chi connectivity index (χ4n) is 3.04. The van der Waals surface area contributed by atoms with E-state index >= 15 is 0 Å². The van der Waals surface area contributed by atoms with Crippen molar-refractivity contribution < 1.29 is 18.0 Å². The summed E-state index contributed by atoms with van der Waals surface area (Å²) in [6.07, 6.45) is -4.47. The molecular formula is C23H21F3N2O. The van der Waals surface area contributed by atoms with E-state index in [0.717, 1.165) is 23.3 Å². The molecule has 0 heterocycles. The summed E-state index contributed by atoms with van der Waals surface area (Å²) in [5.74, 6) is -0.432. The van der Waals surface area contributed by atoms with E-state index in [1.54, 1.807) is 12.1 Å². The molecule has 0 saturated carbocycles. The molecule has 3 rings (SSSR count). The lowest BCUT2D eigenvalue weighted by atomic mass is 10.0. The Balaban J connectivity index is 1.84. The number of halogens is 3. The Bertz CT molecular complexity index is 943. The minimum absolute atomic E-state index is 0.0971. The summed E-state index contributed by atoms with van der Waals surface area (Å²) in [5.41, 5.74) is 1.01. The molecule has 29 heavy (non-hydrogen) atoms. The Labute approximate surface area is 167 Å². The molecule has 1 amide bonds. The van der Waals surface area contributed by atoms with Crippen LogP contribution in [0.5, 0.6) is 0 Å². The summed E-state index contributed by atoms with van der Waals surface area (Å²) >= 11 is 0. The van der Waals surface area contributed by atoms with Crippen LogP contribution in [0.3, 0.4) is 0 Å². The third kappa shape index (κ3) is 5.45. The SMILES string of the molecule is C[C@H](N[C@@H](C(=O)Nc1cccc(C(F)(F)F)c1)c1ccccc1)c1ccccc1. The van der Waals surface area contributed by atoms with E-state index in [4.69, 9.17) is 0 Å². The highest BCUT2D eigenvalue weighted by molar-refractivity contribution is 5.95. The van der Waals surface area contributed by atoms with E-state index in [1.165, 1.54) is 12.1 Å². The maximum atomic E-state index is 13.0. The molecular weight excluding hydrogens is 377 g/mol. The second kappa shape index (κ2) is 8.92. The van der Waals surface area contributed by atoms with Gasteiger partial charge in [-0.2, -0.15) is 13.2 Å². The lowest BCUT2D eigenvalue weighted by Crippen LogP contribution is -2.34. The predicted molar refractivity (Wildman–Crippen MR) is 107 cm³/mol. The Morgan fingerprint density at radius 3 is 2.00 bits per heavy atom. The number of benzene rings is 3. The summed E-state index contributed by atoms with van der Waals surface area (Å²) in [6, 6.07) is 22.4. The standard InChI is InChI=1S/C23H21F3N2O/c1-16(17-9-4-2-5-10-17)27-21(18-11-6-3-7-12-18)22(29)28-20-14-8-13-19(15-20)23(24,25)26/h2-16,21,27H,1H3,(H,28,29)/t16-,21+/m0/s1. The van der Waals surface area contributed by atoms with Gasteiger partial charge in [-0.3, -0.25) is 10.1 Å². The number of carbonyl (C=O) groups excluding carboxylic acids is 1. The zero-order chi connectivity index (χ0) is 20.9. The minimum Gasteiger partial charge on any atom is -0.324 e. The first kappa shape index (κ1) is 20.6. The number of hydrogen-bond acceptors (Lipinski definition) is 2. The van der Waals surface area contributed by atoms with Crippen LogP contribution in [0.15, 0.2) is 84.9 Å². The predicted octanol–water partition coefficient (Wildman–Crippen LogP) is 5.74. The van der Waals surface area contributed by atoms with E-state index in [-0.39, 0.29) is 11.7 Å². The minimum atomic E-state index is -4.47. The van der Waals surface area contributed by atoms with Crippen LogP contribution in [0.4, 0.5) is 18.9 Å². The highest BCUT2D eigenvalue weighted by Crippen LogP contribution is 2.31. The van der Waals surface area contributed by atoms with Crippen molar-refractivity contribution in [3.05, 3.63) is 102 Å². The maximum absolute atomic E-state index is 13.0. The fraction of sp³-hybridized carbons (Fsp3) is 0.174. The molecule has 0 radical (unpaired) electrons. The van der Waals surface area contributed by atoms with Gasteiger partial charge in [-0.05, 0) is 36.2 Å². The molecule has 0 spiro atoms. The summed E-state index contributed by atoms with van der Waals surface area (Å²) in [7, 11) is 0. The van der Waals surface area contributed by atoms with Gasteiger partial charge in [0.05, 0.1) is 5.56 Å². The van der Waals surface area contributed by atoms with E-state index < -0.39 is 23.7 Å². The fourth-order valence-corrected chi connectivity index (χ4v) is 3.04. The van der Waals surface area contributed by atoms with Crippen LogP contribution in [-0.2, 0) is 11.0 Å². The number of anilines is 1. The monoisotopic (exact) mass is 398 g/mol. The van der Waals surface area contributed by atoms with E-state index in [9.17, 15) is 18.0 Å². The van der Waals surface area contributed by atoms with Crippen molar-refractivity contribution in [2.75, 3.05) is 5.32 Å². The third-order valence-electron chi connectivity index (χ3n) is 4.57. The summed E-state index contributed by atoms with van der Waals surface area (Å²) in [6.45, 7) is 1.93. The number of rotatable bonds is 6. The molecule has 3 aromatic rings. The number of nitrogens with one attached hydrogen (secondary N) is 2. The molecule has 0 aliphatic rings. The van der Waals surface area contributed by atoms with E-state index in [2.05, 4.69) is 10.6 Å². The molecule has 0 aliphatic carbocycles. The Kier molecular flexibility index (Phi) is 6.34. The van der Waals surface area contributed by atoms with Gasteiger partial charge in [0.1, 0.15) is 6.04 Å². The van der Waals surface area contributed by atoms with Crippen molar-refractivity contribution in [2.24, 2.45) is 0 Å². The van der Waals surface area contributed by atoms with Gasteiger partial charge in [-0.1, -0.05) is 66.7 Å². The van der Waals surface area contributed by atoms with Crippen molar-refractivity contribution in [1.82, 2.24) is 5.32 Å². The Hall–Kier alpha value is -3.12. The summed E-state index contributed by atoms with van der Waals surface area (Å²) < 4.78 is 38.9. The second-order valence-electron chi connectivity index (χ2n) is 6.71. The van der Waals surface area contributed by atoms with Crippen molar-refractivity contribution in [1.29, 1.82) is 0 Å². The highest BCUT2D eigenvalue weighted by Gasteiger charge is 2.31. The zero-order valence-corrected chi connectivity index (χ0v) is 15.8. The smallest absolute Gasteiger partial charge is 0.324 e. The molecule has 6 heteroatoms. The molecule has 0 aromatic heterocycles. The van der Waals surface area contributed by atoms with Crippen molar-refractivity contribution in [3.63, 3.8) is 0 Å². The normalized spacial score (nSPS) is 13.5. The van der Waals surface area contributed by atoms with Crippen molar-refractivity contribution in [2.45, 2.75) is 25.2 Å². The largest absolute Gasteiger partial charge is 0.416 e. The van der Waals surface area contributed by atoms with Gasteiger partial charge in [0.25, 0.3) is 0 Å². The molecule has 0 aliphatic heterocycles. The third-order valence-corrected chi connectivity index (χ3v) is 4.57. The van der Waals surface area contributed by atoms with Crippen LogP contribution >= 0.6 is 0 Å². The van der Waals surface area contributed by atoms with Crippen LogP contribution in [0.1, 0.15) is 35.7 Å². The summed E-state index contributed by atoms with van der Waals surface area (Å²) in [4.78, 5) is 13.0. The van der Waals surface area contributed by atoms with Gasteiger partial charge in [-0.25, -0.2) is 0 Å². The maximum Gasteiger partial charge on any atom is 0.416 e. The first-order chi connectivity index (χ1) is 13.8. The average molecular weight is 398 g/mol. The van der Waals surface area contributed by atoms with Gasteiger partial charge in [-0.15, -0.1) is 0 Å². The Morgan fingerprint density at radius 1 is 0.828 bits per heavy atom. The number of alkyl halides is 3. The van der Waals surface area contributed by atoms with Gasteiger partial charge >= 0.3 is 6.18 Å². The number of amides is 1. The number of carbonyl (C=O) groups is 1. The molecule has 0 saturated heterocycles. The van der Waals surface area contributed by atoms with E-state index in [1.807, 2.05) is 55.5 Å². The van der Waals surface area contributed by atoms with Crippen LogP contribution in [0, 0.1) is 0 Å². The van der Waals surface area contributed by atoms with Gasteiger partial charge in [0.2, 0.25) is 5.91 Å². The van der Waals surface area contributed by atoms with Crippen LogP contribution in [0.2, 0.25) is 0 Å². The van der Waals surface area contributed by atoms with Crippen molar-refractivity contribution >= 4 is 11.6 Å². The summed E-state index contributed by atoms with van der Waals surface area (Å²) in [5, 5.41) is 5.89. The molecule has 3 aromatic carbocycles. The highest BCUT2D eigenvalue weighted by atomic mass is 19.4. The topological polar surface area (TPSA) is 41.1 Å². The zero-order valence-electron chi connectivity index (χ0n) is 15.8. The quantitative estimate of drug-likeness (QED) is 0.556. The molecule has 150 valence electrons. The van der Waals surface area contributed by atoms with Crippen LogP contribution in [0.25, 0.3) is 0 Å². The van der Waals surface area contributed by atoms with Gasteiger partial charge in [0.15, 0.2) is 0 Å². The first-order valence-corrected chi connectivity index (χ1v) is 9.18. The molecule has 2 atom stereocenters. The molecule has 0 bridgehead atoms. The molecule has 2 N–H and O–H groups in total. The molecule has 0 fully saturated rings. The van der Waals surface area contributed by atoms with Gasteiger partial charge in [0, 0.05) is 11.7 Å². The average Bonchev–Trinajstić information content (AvgIpc) is 2.72. The lowest BCUT2D eigenvalue weighted by Gasteiger charge is -2.24. The first-order valence-electron chi connectivity index (χ1n) is 9.18. The number of hydrogen-bond donors (Lipinski definition) is 2.